The molecule has 31 heavy (non-hydrogen) atoms. The van der Waals surface area contributed by atoms with Crippen LogP contribution in [0.2, 0.25) is 0 Å². The molecule has 3 rings (SSSR count). The van der Waals surface area contributed by atoms with E-state index in [0.29, 0.717) is 4.90 Å². The number of hydrogen-bond acceptors (Lipinski definition) is 3. The molecule has 0 spiro atoms. The van der Waals surface area contributed by atoms with E-state index in [1.807, 2.05) is 5.32 Å². The first-order valence-corrected chi connectivity index (χ1v) is 9.56. The van der Waals surface area contributed by atoms with Crippen LogP contribution in [0.15, 0.2) is 48.3 Å². The zero-order valence-electron chi connectivity index (χ0n) is 33.4. The van der Waals surface area contributed by atoms with Crippen molar-refractivity contribution >= 4 is 6.03 Å². The molecule has 2 aromatic rings. The summed E-state index contributed by atoms with van der Waals surface area (Å²) in [5.41, 5.74) is -1.53. The SMILES string of the molecule is [2H]c1c([2H])c(CN(C(=O)NC([2H])([2H])c2c([2H])c([2H])c(OC([2H])([2H])C(C)C)c([2H])c2[2H])C2CC([2H])([2H])N(C)C([2H])([2H])C2)c([2H])c([2H])c1F. The highest BCUT2D eigenvalue weighted by Gasteiger charge is 2.27. The van der Waals surface area contributed by atoms with Gasteiger partial charge < -0.3 is 19.9 Å². The summed E-state index contributed by atoms with van der Waals surface area (Å²) < 4.78 is 151. The summed E-state index contributed by atoms with van der Waals surface area (Å²) in [6.07, 6.45) is -1.15. The standard InChI is InChI=1S/C25H34FN3O2/c1-19(2)18-31-24-10-6-20(7-11-24)16-27-25(30)29(23-12-14-28(3)15-13-23)17-21-4-8-22(26)9-5-21/h4-11,19,23H,12-18H2,1-3H3,(H,27,30)/i4D,5D,6D,7D,8D,9D,10D,11D,14D2,15D2,16D2,18D2. The fourth-order valence-electron chi connectivity index (χ4n) is 2.55. The Morgan fingerprint density at radius 3 is 2.45 bits per heavy atom. The fourth-order valence-corrected chi connectivity index (χ4v) is 2.55. The first-order valence-electron chi connectivity index (χ1n) is 17.6. The number of hydrogen-bond donors (Lipinski definition) is 1. The van der Waals surface area contributed by atoms with Crippen molar-refractivity contribution in [3.63, 3.8) is 0 Å². The Morgan fingerprint density at radius 2 is 1.84 bits per heavy atom. The van der Waals surface area contributed by atoms with Crippen LogP contribution < -0.4 is 10.1 Å². The molecule has 0 aromatic heterocycles. The molecule has 1 fully saturated rings. The lowest BCUT2D eigenvalue weighted by molar-refractivity contribution is 0.127. The molecular weight excluding hydrogens is 393 g/mol. The Morgan fingerprint density at radius 1 is 1.23 bits per heavy atom. The second-order valence-corrected chi connectivity index (χ2v) is 6.99. The lowest BCUT2D eigenvalue weighted by Crippen LogP contribution is -2.49. The predicted molar refractivity (Wildman–Crippen MR) is 121 cm³/mol. The Hall–Kier alpha value is -2.60. The van der Waals surface area contributed by atoms with Crippen molar-refractivity contribution in [3.8, 4) is 5.75 Å². The van der Waals surface area contributed by atoms with Crippen LogP contribution in [0.1, 0.15) is 59.7 Å². The van der Waals surface area contributed by atoms with Gasteiger partial charge >= 0.3 is 6.03 Å². The van der Waals surface area contributed by atoms with Crippen molar-refractivity contribution < 1.29 is 35.9 Å². The number of amides is 2. The fraction of sp³-hybridized carbons (Fsp3) is 0.480. The quantitative estimate of drug-likeness (QED) is 0.645. The third-order valence-corrected chi connectivity index (χ3v) is 4.10. The highest BCUT2D eigenvalue weighted by atomic mass is 19.1. The molecule has 1 aliphatic rings. The predicted octanol–water partition coefficient (Wildman–Crippen LogP) is 4.67. The minimum Gasteiger partial charge on any atom is -0.493 e. The smallest absolute Gasteiger partial charge is 0.318 e. The van der Waals surface area contributed by atoms with Gasteiger partial charge in [-0.05, 0) is 74.1 Å². The summed E-state index contributed by atoms with van der Waals surface area (Å²) in [5, 5.41) is 1.91. The molecule has 2 amide bonds. The molecule has 0 radical (unpaired) electrons. The van der Waals surface area contributed by atoms with E-state index in [1.165, 1.54) is 20.9 Å². The number of rotatable bonds is 8. The lowest BCUT2D eigenvalue weighted by Gasteiger charge is -2.37. The van der Waals surface area contributed by atoms with Gasteiger partial charge in [0.15, 0.2) is 0 Å². The molecule has 1 aliphatic heterocycles. The second-order valence-electron chi connectivity index (χ2n) is 6.99. The van der Waals surface area contributed by atoms with E-state index < -0.39 is 134 Å². The average Bonchev–Trinajstić information content (AvgIpc) is 2.94. The van der Waals surface area contributed by atoms with Gasteiger partial charge in [-0.2, -0.15) is 0 Å². The minimum atomic E-state index is -3.23. The van der Waals surface area contributed by atoms with E-state index in [0.717, 1.165) is 4.90 Å². The summed E-state index contributed by atoms with van der Waals surface area (Å²) in [6.45, 7) is -8.45. The number of nitrogens with one attached hydrogen (secondary N) is 1. The van der Waals surface area contributed by atoms with Crippen LogP contribution in [0, 0.1) is 11.7 Å². The van der Waals surface area contributed by atoms with E-state index in [4.69, 9.17) is 26.7 Å². The molecule has 0 saturated carbocycles. The largest absolute Gasteiger partial charge is 0.493 e. The number of likely N-dealkylation sites (tertiary alicyclic amines) is 1. The summed E-state index contributed by atoms with van der Waals surface area (Å²) in [7, 11) is 1.17. The molecule has 5 nitrogen and oxygen atoms in total. The van der Waals surface area contributed by atoms with E-state index >= 15 is 0 Å². The normalized spacial score (nSPS) is 26.7. The number of ether oxygens (including phenoxy) is 1. The van der Waals surface area contributed by atoms with Crippen LogP contribution in [0.3, 0.4) is 0 Å². The number of halogens is 1. The minimum absolute atomic E-state index is 0.540. The summed E-state index contributed by atoms with van der Waals surface area (Å²) >= 11 is 0. The van der Waals surface area contributed by atoms with Crippen LogP contribution in [0.25, 0.3) is 0 Å². The van der Waals surface area contributed by atoms with Gasteiger partial charge in [0.05, 0.1) is 23.0 Å². The number of benzene rings is 2. The number of piperidine rings is 1. The molecule has 0 atom stereocenters. The Bertz CT molecular complexity index is 1500. The molecule has 1 heterocycles. The Labute approximate surface area is 207 Å². The summed E-state index contributed by atoms with van der Waals surface area (Å²) in [5.74, 6) is -3.06. The number of urea groups is 1. The van der Waals surface area contributed by atoms with Gasteiger partial charge in [-0.1, -0.05) is 38.0 Å². The van der Waals surface area contributed by atoms with Crippen molar-refractivity contribution in [2.75, 3.05) is 26.6 Å². The van der Waals surface area contributed by atoms with Gasteiger partial charge in [0.25, 0.3) is 0 Å². The van der Waals surface area contributed by atoms with Gasteiger partial charge in [0.1, 0.15) is 11.6 Å². The van der Waals surface area contributed by atoms with Crippen LogP contribution in [-0.4, -0.2) is 48.5 Å². The Kier molecular flexibility index (Phi) is 3.56. The third-order valence-electron chi connectivity index (χ3n) is 4.10. The second kappa shape index (κ2) is 11.1. The average molecular weight is 444 g/mol. The van der Waals surface area contributed by atoms with Crippen LogP contribution in [0.5, 0.6) is 5.75 Å². The van der Waals surface area contributed by atoms with Crippen LogP contribution >= 0.6 is 0 Å². The molecule has 1 saturated heterocycles. The number of carbonyl (C=O) groups is 1. The zero-order chi connectivity index (χ0) is 36.4. The van der Waals surface area contributed by atoms with Gasteiger partial charge in [-0.3, -0.25) is 0 Å². The highest BCUT2D eigenvalue weighted by Crippen LogP contribution is 2.19. The van der Waals surface area contributed by atoms with Crippen molar-refractivity contribution in [1.29, 1.82) is 0 Å². The first-order chi connectivity index (χ1) is 21.2. The topological polar surface area (TPSA) is 44.8 Å². The van der Waals surface area contributed by atoms with E-state index in [9.17, 15) is 9.18 Å². The van der Waals surface area contributed by atoms with Gasteiger partial charge in [0.2, 0.25) is 0 Å². The van der Waals surface area contributed by atoms with E-state index in [2.05, 4.69) is 0 Å². The molecule has 0 unspecified atom stereocenters. The van der Waals surface area contributed by atoms with Crippen LogP contribution in [0.4, 0.5) is 9.18 Å². The van der Waals surface area contributed by atoms with Gasteiger partial charge in [0, 0.05) is 24.6 Å². The molecule has 0 bridgehead atoms. The maximum atomic E-state index is 14.3. The monoisotopic (exact) mass is 443 g/mol. The van der Waals surface area contributed by atoms with Crippen molar-refractivity contribution in [1.82, 2.24) is 15.1 Å². The highest BCUT2D eigenvalue weighted by molar-refractivity contribution is 5.74. The zero-order valence-corrected chi connectivity index (χ0v) is 17.4. The first kappa shape index (κ1) is 9.90. The molecule has 0 aliphatic carbocycles. The number of carbonyl (C=O) groups excluding carboxylic acids is 1. The third kappa shape index (κ3) is 7.24. The van der Waals surface area contributed by atoms with E-state index in [-0.39, 0.29) is 0 Å². The Balaban J connectivity index is 2.15. The molecule has 1 N–H and O–H groups in total. The summed E-state index contributed by atoms with van der Waals surface area (Å²) in [4.78, 5) is 15.3. The maximum Gasteiger partial charge on any atom is 0.318 e. The van der Waals surface area contributed by atoms with Crippen LogP contribution in [-0.2, 0) is 13.0 Å². The molecule has 2 aromatic carbocycles. The molecular formula is C25H34FN3O2. The van der Waals surface area contributed by atoms with Gasteiger partial charge in [-0.25, -0.2) is 9.18 Å². The maximum absolute atomic E-state index is 14.3. The van der Waals surface area contributed by atoms with Crippen molar-refractivity contribution in [3.05, 3.63) is 65.3 Å². The number of nitrogens with zero attached hydrogens (tertiary/aromatic N) is 2. The van der Waals surface area contributed by atoms with Crippen molar-refractivity contribution in [2.45, 2.75) is 45.8 Å². The molecule has 168 valence electrons. The summed E-state index contributed by atoms with van der Waals surface area (Å²) in [6, 6.07) is -10.7. The lowest BCUT2D eigenvalue weighted by atomic mass is 10.0. The van der Waals surface area contributed by atoms with Crippen molar-refractivity contribution in [2.24, 2.45) is 5.92 Å². The molecule has 6 heteroatoms. The van der Waals surface area contributed by atoms with Gasteiger partial charge in [-0.15, -0.1) is 0 Å². The van der Waals surface area contributed by atoms with E-state index in [1.54, 1.807) is 0 Å².